The lowest BCUT2D eigenvalue weighted by Crippen LogP contribution is -2.27. The number of para-hydroxylation sites is 2. The molecule has 0 saturated carbocycles. The SMILES string of the molecule is O=C(CCNC(=O)c1ccsc1)Nc1ccc(-n2cnc3ccccc32)nc1. The minimum atomic E-state index is -0.187. The number of anilines is 1. The van der Waals surface area contributed by atoms with E-state index in [-0.39, 0.29) is 24.8 Å². The molecule has 4 aromatic rings. The lowest BCUT2D eigenvalue weighted by molar-refractivity contribution is -0.116. The predicted molar refractivity (Wildman–Crippen MR) is 109 cm³/mol. The Bertz CT molecular complexity index is 1100. The van der Waals surface area contributed by atoms with Gasteiger partial charge in [-0.15, -0.1) is 0 Å². The maximum atomic E-state index is 12.1. The molecule has 0 aliphatic carbocycles. The lowest BCUT2D eigenvalue weighted by atomic mass is 10.3. The fourth-order valence-corrected chi connectivity index (χ4v) is 3.39. The van der Waals surface area contributed by atoms with Crippen molar-refractivity contribution in [3.05, 3.63) is 71.3 Å². The quantitative estimate of drug-likeness (QED) is 0.528. The molecule has 2 N–H and O–H groups in total. The molecule has 0 spiro atoms. The number of fused-ring (bicyclic) bond motifs is 1. The highest BCUT2D eigenvalue weighted by molar-refractivity contribution is 7.08. The molecule has 3 heterocycles. The number of imidazole rings is 1. The summed E-state index contributed by atoms with van der Waals surface area (Å²) in [7, 11) is 0. The van der Waals surface area contributed by atoms with Crippen molar-refractivity contribution in [2.45, 2.75) is 6.42 Å². The second-order valence-corrected chi connectivity index (χ2v) is 6.85. The van der Waals surface area contributed by atoms with E-state index in [9.17, 15) is 9.59 Å². The summed E-state index contributed by atoms with van der Waals surface area (Å²) in [4.78, 5) is 32.7. The molecule has 8 heteroatoms. The van der Waals surface area contributed by atoms with Crippen molar-refractivity contribution >= 4 is 39.9 Å². The van der Waals surface area contributed by atoms with Gasteiger partial charge >= 0.3 is 0 Å². The molecule has 0 saturated heterocycles. The van der Waals surface area contributed by atoms with Gasteiger partial charge in [-0.05, 0) is 35.7 Å². The summed E-state index contributed by atoms with van der Waals surface area (Å²) in [6.07, 6.45) is 3.51. The number of rotatable bonds is 6. The summed E-state index contributed by atoms with van der Waals surface area (Å²) in [5.41, 5.74) is 3.07. The van der Waals surface area contributed by atoms with Gasteiger partial charge in [-0.3, -0.25) is 14.2 Å². The number of nitrogens with zero attached hydrogens (tertiary/aromatic N) is 3. The lowest BCUT2D eigenvalue weighted by Gasteiger charge is -2.08. The normalized spacial score (nSPS) is 10.7. The average molecular weight is 391 g/mol. The molecule has 0 aliphatic rings. The minimum Gasteiger partial charge on any atom is -0.351 e. The van der Waals surface area contributed by atoms with Gasteiger partial charge in [0.15, 0.2) is 0 Å². The number of nitrogens with one attached hydrogen (secondary N) is 2. The summed E-state index contributed by atoms with van der Waals surface area (Å²) in [5, 5.41) is 9.12. The van der Waals surface area contributed by atoms with E-state index in [4.69, 9.17) is 0 Å². The van der Waals surface area contributed by atoms with Crippen molar-refractivity contribution in [3.8, 4) is 5.82 Å². The fourth-order valence-electron chi connectivity index (χ4n) is 2.75. The van der Waals surface area contributed by atoms with Crippen molar-refractivity contribution in [1.82, 2.24) is 19.9 Å². The van der Waals surface area contributed by atoms with Crippen molar-refractivity contribution in [2.75, 3.05) is 11.9 Å². The number of hydrogen-bond donors (Lipinski definition) is 2. The van der Waals surface area contributed by atoms with E-state index in [1.54, 1.807) is 30.0 Å². The van der Waals surface area contributed by atoms with Crippen LogP contribution in [0.5, 0.6) is 0 Å². The first-order chi connectivity index (χ1) is 13.7. The highest BCUT2D eigenvalue weighted by Crippen LogP contribution is 2.17. The number of amides is 2. The third kappa shape index (κ3) is 3.91. The Morgan fingerprint density at radius 2 is 1.96 bits per heavy atom. The Labute approximate surface area is 165 Å². The maximum absolute atomic E-state index is 12.1. The van der Waals surface area contributed by atoms with Crippen molar-refractivity contribution < 1.29 is 9.59 Å². The average Bonchev–Trinajstić information content (AvgIpc) is 3.39. The largest absolute Gasteiger partial charge is 0.351 e. The Kier molecular flexibility index (Phi) is 5.11. The fraction of sp³-hybridized carbons (Fsp3) is 0.100. The molecule has 1 aromatic carbocycles. The molecule has 0 bridgehead atoms. The summed E-state index contributed by atoms with van der Waals surface area (Å²) in [6.45, 7) is 0.271. The monoisotopic (exact) mass is 391 g/mol. The van der Waals surface area contributed by atoms with Gasteiger partial charge in [0.25, 0.3) is 5.91 Å². The Morgan fingerprint density at radius 1 is 1.07 bits per heavy atom. The van der Waals surface area contributed by atoms with Crippen LogP contribution >= 0.6 is 11.3 Å². The van der Waals surface area contributed by atoms with Gasteiger partial charge in [0.2, 0.25) is 5.91 Å². The van der Waals surface area contributed by atoms with Crippen LogP contribution in [0.25, 0.3) is 16.9 Å². The third-order valence-electron chi connectivity index (χ3n) is 4.15. The molecule has 0 radical (unpaired) electrons. The van der Waals surface area contributed by atoms with Crippen LogP contribution in [0.1, 0.15) is 16.8 Å². The van der Waals surface area contributed by atoms with E-state index < -0.39 is 0 Å². The summed E-state index contributed by atoms with van der Waals surface area (Å²) in [5.74, 6) is 0.357. The van der Waals surface area contributed by atoms with Crippen LogP contribution in [0.4, 0.5) is 5.69 Å². The highest BCUT2D eigenvalue weighted by atomic mass is 32.1. The zero-order valence-electron chi connectivity index (χ0n) is 14.8. The van der Waals surface area contributed by atoms with E-state index in [0.717, 1.165) is 16.9 Å². The number of hydrogen-bond acceptors (Lipinski definition) is 5. The van der Waals surface area contributed by atoms with Gasteiger partial charge in [0.05, 0.1) is 22.9 Å². The van der Waals surface area contributed by atoms with Crippen LogP contribution < -0.4 is 10.6 Å². The van der Waals surface area contributed by atoms with Gasteiger partial charge in [-0.1, -0.05) is 12.1 Å². The van der Waals surface area contributed by atoms with Crippen LogP contribution in [0, 0.1) is 0 Å². The molecule has 0 unspecified atom stereocenters. The van der Waals surface area contributed by atoms with Crippen molar-refractivity contribution in [1.29, 1.82) is 0 Å². The molecule has 7 nitrogen and oxygen atoms in total. The predicted octanol–water partition coefficient (Wildman–Crippen LogP) is 3.24. The molecule has 4 rings (SSSR count). The first kappa shape index (κ1) is 17.9. The number of benzene rings is 1. The van der Waals surface area contributed by atoms with Gasteiger partial charge < -0.3 is 10.6 Å². The number of pyridine rings is 1. The number of carbonyl (C=O) groups excluding carboxylic acids is 2. The standard InChI is InChI=1S/C20H17N5O2S/c26-19(7-9-21-20(27)14-8-10-28-12-14)24-15-5-6-18(22-11-15)25-13-23-16-3-1-2-4-17(16)25/h1-6,8,10-13H,7,9H2,(H,21,27)(H,24,26). The smallest absolute Gasteiger partial charge is 0.252 e. The first-order valence-corrected chi connectivity index (χ1v) is 9.64. The zero-order valence-corrected chi connectivity index (χ0v) is 15.6. The highest BCUT2D eigenvalue weighted by Gasteiger charge is 2.08. The third-order valence-corrected chi connectivity index (χ3v) is 4.84. The summed E-state index contributed by atoms with van der Waals surface area (Å²) in [6, 6.07) is 13.2. The molecular weight excluding hydrogens is 374 g/mol. The molecule has 0 fully saturated rings. The van der Waals surface area contributed by atoms with E-state index in [2.05, 4.69) is 20.6 Å². The molecule has 140 valence electrons. The van der Waals surface area contributed by atoms with Crippen LogP contribution in [0.2, 0.25) is 0 Å². The van der Waals surface area contributed by atoms with E-state index >= 15 is 0 Å². The topological polar surface area (TPSA) is 88.9 Å². The molecule has 0 aliphatic heterocycles. The van der Waals surface area contributed by atoms with E-state index in [1.807, 2.05) is 40.3 Å². The van der Waals surface area contributed by atoms with Gasteiger partial charge in [-0.25, -0.2) is 9.97 Å². The first-order valence-electron chi connectivity index (χ1n) is 8.69. The molecule has 2 amide bonds. The molecule has 0 atom stereocenters. The number of aromatic nitrogens is 3. The minimum absolute atomic E-state index is 0.173. The van der Waals surface area contributed by atoms with Crippen LogP contribution in [0.15, 0.2) is 65.7 Å². The molecular formula is C20H17N5O2S. The van der Waals surface area contributed by atoms with Gasteiger partial charge in [-0.2, -0.15) is 11.3 Å². The number of thiophene rings is 1. The number of carbonyl (C=O) groups is 2. The second kappa shape index (κ2) is 8.01. The van der Waals surface area contributed by atoms with E-state index in [0.29, 0.717) is 11.3 Å². The summed E-state index contributed by atoms with van der Waals surface area (Å²) < 4.78 is 1.89. The van der Waals surface area contributed by atoms with E-state index in [1.165, 1.54) is 11.3 Å². The Balaban J connectivity index is 1.33. The van der Waals surface area contributed by atoms with Crippen LogP contribution in [-0.2, 0) is 4.79 Å². The van der Waals surface area contributed by atoms with Crippen LogP contribution in [-0.4, -0.2) is 32.9 Å². The Hall–Kier alpha value is -3.52. The van der Waals surface area contributed by atoms with Crippen molar-refractivity contribution in [3.63, 3.8) is 0 Å². The van der Waals surface area contributed by atoms with Crippen LogP contribution in [0.3, 0.4) is 0 Å². The maximum Gasteiger partial charge on any atom is 0.252 e. The van der Waals surface area contributed by atoms with Gasteiger partial charge in [0.1, 0.15) is 12.1 Å². The molecule has 28 heavy (non-hydrogen) atoms. The summed E-state index contributed by atoms with van der Waals surface area (Å²) >= 11 is 1.46. The molecule has 3 aromatic heterocycles. The second-order valence-electron chi connectivity index (χ2n) is 6.07. The zero-order chi connectivity index (χ0) is 19.3. The van der Waals surface area contributed by atoms with Crippen molar-refractivity contribution in [2.24, 2.45) is 0 Å². The van der Waals surface area contributed by atoms with Gasteiger partial charge in [0, 0.05) is 23.9 Å². The Morgan fingerprint density at radius 3 is 2.75 bits per heavy atom.